The molecule has 1 aliphatic heterocycles. The predicted molar refractivity (Wildman–Crippen MR) is 146 cm³/mol. The molecule has 36 heavy (non-hydrogen) atoms. The number of carbonyl (C=O) groups is 1. The largest absolute Gasteiger partial charge is 0.333 e. The second kappa shape index (κ2) is 10.7. The van der Waals surface area contributed by atoms with Crippen LogP contribution in [0.15, 0.2) is 65.3 Å². The molecule has 1 aliphatic rings. The number of fused-ring (bicyclic) bond motifs is 3. The SMILES string of the molecule is O=C(NCc1ccnc(Cl)c1)n1c2c(c3ccc(Br)cc31)CN(CC=Cc1ccc(F)c(Cl)c1)CC2. The van der Waals surface area contributed by atoms with Crippen LogP contribution in [0.3, 0.4) is 0 Å². The molecule has 2 aromatic heterocycles. The Morgan fingerprint density at radius 1 is 1.17 bits per heavy atom. The number of halogens is 4. The van der Waals surface area contributed by atoms with Gasteiger partial charge in [-0.15, -0.1) is 0 Å². The van der Waals surface area contributed by atoms with Gasteiger partial charge in [0.15, 0.2) is 0 Å². The highest BCUT2D eigenvalue weighted by atomic mass is 79.9. The Labute approximate surface area is 226 Å². The summed E-state index contributed by atoms with van der Waals surface area (Å²) in [5.41, 5.74) is 4.80. The van der Waals surface area contributed by atoms with Crippen molar-refractivity contribution in [3.05, 3.63) is 104 Å². The molecule has 0 bridgehead atoms. The van der Waals surface area contributed by atoms with Gasteiger partial charge < -0.3 is 5.32 Å². The summed E-state index contributed by atoms with van der Waals surface area (Å²) in [4.78, 5) is 19.7. The second-order valence-electron chi connectivity index (χ2n) is 8.63. The van der Waals surface area contributed by atoms with E-state index in [0.717, 1.165) is 63.8 Å². The molecule has 5 nitrogen and oxygen atoms in total. The van der Waals surface area contributed by atoms with Crippen molar-refractivity contribution in [2.75, 3.05) is 13.1 Å². The van der Waals surface area contributed by atoms with Crippen LogP contribution >= 0.6 is 39.1 Å². The molecule has 1 N–H and O–H groups in total. The average molecular weight is 588 g/mol. The second-order valence-corrected chi connectivity index (χ2v) is 10.3. The normalized spacial score (nSPS) is 13.9. The van der Waals surface area contributed by atoms with Gasteiger partial charge in [0.25, 0.3) is 0 Å². The van der Waals surface area contributed by atoms with Crippen LogP contribution in [0.1, 0.15) is 22.4 Å². The van der Waals surface area contributed by atoms with Crippen molar-refractivity contribution in [1.29, 1.82) is 0 Å². The molecule has 9 heteroatoms. The minimum absolute atomic E-state index is 0.115. The number of benzene rings is 2. The zero-order chi connectivity index (χ0) is 25.2. The Morgan fingerprint density at radius 2 is 2.03 bits per heavy atom. The van der Waals surface area contributed by atoms with Gasteiger partial charge in [-0.3, -0.25) is 9.47 Å². The zero-order valence-corrected chi connectivity index (χ0v) is 22.2. The number of rotatable bonds is 5. The van der Waals surface area contributed by atoms with Gasteiger partial charge in [-0.25, -0.2) is 14.2 Å². The van der Waals surface area contributed by atoms with Crippen molar-refractivity contribution in [3.63, 3.8) is 0 Å². The summed E-state index contributed by atoms with van der Waals surface area (Å²) in [6.07, 6.45) is 6.37. The molecule has 0 atom stereocenters. The van der Waals surface area contributed by atoms with Crippen LogP contribution in [0.25, 0.3) is 17.0 Å². The van der Waals surface area contributed by atoms with Crippen LogP contribution < -0.4 is 5.32 Å². The van der Waals surface area contributed by atoms with Crippen molar-refractivity contribution in [3.8, 4) is 0 Å². The first-order valence-corrected chi connectivity index (χ1v) is 13.0. The van der Waals surface area contributed by atoms with Gasteiger partial charge in [-0.2, -0.15) is 0 Å². The number of amides is 1. The fourth-order valence-corrected chi connectivity index (χ4v) is 5.27. The van der Waals surface area contributed by atoms with Gasteiger partial charge in [0.1, 0.15) is 11.0 Å². The molecule has 5 rings (SSSR count). The molecule has 0 spiro atoms. The molecule has 184 valence electrons. The number of carbonyl (C=O) groups excluding carboxylic acids is 1. The Morgan fingerprint density at radius 3 is 2.83 bits per heavy atom. The molecule has 0 unspecified atom stereocenters. The van der Waals surface area contributed by atoms with Crippen LogP contribution in [0, 0.1) is 5.82 Å². The van der Waals surface area contributed by atoms with Gasteiger partial charge in [0, 0.05) is 54.3 Å². The molecule has 0 fully saturated rings. The summed E-state index contributed by atoms with van der Waals surface area (Å²) in [6.45, 7) is 2.62. The van der Waals surface area contributed by atoms with Crippen LogP contribution in [0.5, 0.6) is 0 Å². The van der Waals surface area contributed by atoms with E-state index < -0.39 is 5.82 Å². The monoisotopic (exact) mass is 586 g/mol. The lowest BCUT2D eigenvalue weighted by Gasteiger charge is -2.27. The number of hydrogen-bond donors (Lipinski definition) is 1. The maximum atomic E-state index is 13.4. The third-order valence-corrected chi connectivity index (χ3v) is 7.24. The quantitative estimate of drug-likeness (QED) is 0.254. The number of aromatic nitrogens is 2. The molecule has 1 amide bonds. The van der Waals surface area contributed by atoms with E-state index in [-0.39, 0.29) is 11.1 Å². The van der Waals surface area contributed by atoms with Crippen molar-refractivity contribution < 1.29 is 9.18 Å². The summed E-state index contributed by atoms with van der Waals surface area (Å²) < 4.78 is 16.1. The standard InChI is InChI=1S/C27H22BrCl2FN4O/c28-19-4-5-20-21-16-34(10-1-2-17-3-6-23(31)22(29)12-17)11-8-24(21)35(25(20)14-19)27(36)33-15-18-7-9-32-26(30)13-18/h1-7,9,12-14H,8,10-11,15-16H2,(H,33,36). The van der Waals surface area contributed by atoms with Crippen LogP contribution in [0.4, 0.5) is 9.18 Å². The first-order valence-electron chi connectivity index (χ1n) is 11.4. The molecule has 0 saturated carbocycles. The minimum atomic E-state index is -0.422. The Kier molecular flexibility index (Phi) is 7.44. The van der Waals surface area contributed by atoms with Gasteiger partial charge in [-0.1, -0.05) is 63.4 Å². The van der Waals surface area contributed by atoms with Crippen LogP contribution in [-0.2, 0) is 19.5 Å². The maximum Gasteiger partial charge on any atom is 0.326 e. The van der Waals surface area contributed by atoms with Crippen LogP contribution in [0.2, 0.25) is 10.2 Å². The van der Waals surface area contributed by atoms with Crippen molar-refractivity contribution in [2.45, 2.75) is 19.5 Å². The molecular weight excluding hydrogens is 566 g/mol. The van der Waals surface area contributed by atoms with Crippen molar-refractivity contribution in [1.82, 2.24) is 19.8 Å². The van der Waals surface area contributed by atoms with E-state index in [1.807, 2.05) is 24.3 Å². The lowest BCUT2D eigenvalue weighted by molar-refractivity contribution is 0.240. The van der Waals surface area contributed by atoms with E-state index in [1.165, 1.54) is 6.07 Å². The zero-order valence-electron chi connectivity index (χ0n) is 19.1. The average Bonchev–Trinajstić information content (AvgIpc) is 3.17. The van der Waals surface area contributed by atoms with Gasteiger partial charge in [-0.05, 0) is 53.1 Å². The predicted octanol–water partition coefficient (Wildman–Crippen LogP) is 7.07. The number of nitrogens with zero attached hydrogens (tertiary/aromatic N) is 3. The summed E-state index contributed by atoms with van der Waals surface area (Å²) in [6, 6.07) is 14.1. The lowest BCUT2D eigenvalue weighted by atomic mass is 10.0. The molecule has 0 radical (unpaired) electrons. The van der Waals surface area contributed by atoms with Crippen molar-refractivity contribution >= 4 is 62.1 Å². The third kappa shape index (κ3) is 5.34. The van der Waals surface area contributed by atoms with E-state index in [1.54, 1.807) is 29.0 Å². The fourth-order valence-electron chi connectivity index (χ4n) is 4.54. The maximum absolute atomic E-state index is 13.4. The van der Waals surface area contributed by atoms with E-state index in [9.17, 15) is 9.18 Å². The Hall–Kier alpha value is -2.71. The highest BCUT2D eigenvalue weighted by Crippen LogP contribution is 2.32. The topological polar surface area (TPSA) is 50.2 Å². The number of pyridine rings is 1. The third-order valence-electron chi connectivity index (χ3n) is 6.25. The van der Waals surface area contributed by atoms with E-state index in [2.05, 4.69) is 43.3 Å². The van der Waals surface area contributed by atoms with Gasteiger partial charge in [0.05, 0.1) is 10.5 Å². The van der Waals surface area contributed by atoms with Crippen LogP contribution in [-0.4, -0.2) is 33.6 Å². The first-order chi connectivity index (χ1) is 17.4. The summed E-state index contributed by atoms with van der Waals surface area (Å²) in [7, 11) is 0. The Balaban J connectivity index is 1.36. The summed E-state index contributed by atoms with van der Waals surface area (Å²) in [5.74, 6) is -0.422. The Bertz CT molecular complexity index is 1490. The van der Waals surface area contributed by atoms with Gasteiger partial charge >= 0.3 is 6.03 Å². The van der Waals surface area contributed by atoms with E-state index in [4.69, 9.17) is 23.2 Å². The smallest absolute Gasteiger partial charge is 0.326 e. The highest BCUT2D eigenvalue weighted by Gasteiger charge is 2.26. The highest BCUT2D eigenvalue weighted by molar-refractivity contribution is 9.10. The molecule has 0 saturated heterocycles. The van der Waals surface area contributed by atoms with E-state index >= 15 is 0 Å². The van der Waals surface area contributed by atoms with Gasteiger partial charge in [0.2, 0.25) is 0 Å². The number of hydrogen-bond acceptors (Lipinski definition) is 3. The fraction of sp³-hybridized carbons (Fsp3) is 0.185. The lowest BCUT2D eigenvalue weighted by Crippen LogP contribution is -2.34. The first kappa shape index (κ1) is 25.0. The molecular formula is C27H22BrCl2FN4O. The van der Waals surface area contributed by atoms with Crippen molar-refractivity contribution in [2.24, 2.45) is 0 Å². The molecule has 0 aliphatic carbocycles. The van der Waals surface area contributed by atoms with E-state index in [0.29, 0.717) is 11.7 Å². The minimum Gasteiger partial charge on any atom is -0.333 e. The summed E-state index contributed by atoms with van der Waals surface area (Å²) in [5, 5.41) is 4.60. The molecule has 3 heterocycles. The summed E-state index contributed by atoms with van der Waals surface area (Å²) >= 11 is 15.4. The molecule has 2 aromatic carbocycles. The number of nitrogens with one attached hydrogen (secondary N) is 1. The molecule has 4 aromatic rings.